The normalized spacial score (nSPS) is 20.8. The van der Waals surface area contributed by atoms with E-state index in [1.54, 1.807) is 12.1 Å². The summed E-state index contributed by atoms with van der Waals surface area (Å²) in [6.07, 6.45) is 2.35. The van der Waals surface area contributed by atoms with Gasteiger partial charge in [0.05, 0.1) is 6.61 Å². The highest BCUT2D eigenvalue weighted by atomic mass is 16.3. The number of amides is 2. The van der Waals surface area contributed by atoms with Crippen molar-refractivity contribution in [1.29, 1.82) is 0 Å². The van der Waals surface area contributed by atoms with E-state index in [1.807, 2.05) is 19.9 Å². The zero-order valence-electron chi connectivity index (χ0n) is 13.0. The zero-order valence-corrected chi connectivity index (χ0v) is 13.0. The third kappa shape index (κ3) is 2.73. The quantitative estimate of drug-likeness (QED) is 0.793. The van der Waals surface area contributed by atoms with Gasteiger partial charge in [0.2, 0.25) is 5.91 Å². The van der Waals surface area contributed by atoms with Crippen molar-refractivity contribution < 1.29 is 14.7 Å². The highest BCUT2D eigenvalue weighted by Crippen LogP contribution is 2.44. The fourth-order valence-electron chi connectivity index (χ4n) is 2.98. The summed E-state index contributed by atoms with van der Waals surface area (Å²) in [7, 11) is 0. The molecular weight excluding hydrogens is 280 g/mol. The second kappa shape index (κ2) is 5.09. The average Bonchev–Trinajstić information content (AvgIpc) is 3.24. The first-order chi connectivity index (χ1) is 10.4. The van der Waals surface area contributed by atoms with Crippen molar-refractivity contribution in [3.05, 3.63) is 29.3 Å². The van der Waals surface area contributed by atoms with Crippen LogP contribution < -0.4 is 10.6 Å². The van der Waals surface area contributed by atoms with Crippen LogP contribution in [0.3, 0.4) is 0 Å². The van der Waals surface area contributed by atoms with E-state index in [0.29, 0.717) is 18.5 Å². The SMILES string of the molecule is CC1(C)CC(=O)Nc2ccc(C(=O)NCC3(CO)CC3)cc21. The molecule has 1 aliphatic heterocycles. The molecule has 1 fully saturated rings. The summed E-state index contributed by atoms with van der Waals surface area (Å²) in [5, 5.41) is 15.1. The number of nitrogens with one attached hydrogen (secondary N) is 2. The van der Waals surface area contributed by atoms with E-state index in [2.05, 4.69) is 10.6 Å². The van der Waals surface area contributed by atoms with E-state index in [4.69, 9.17) is 0 Å². The Hall–Kier alpha value is -1.88. The maximum absolute atomic E-state index is 12.3. The molecule has 0 saturated heterocycles. The predicted octanol–water partition coefficient (Wildman–Crippen LogP) is 1.81. The number of benzene rings is 1. The van der Waals surface area contributed by atoms with Crippen molar-refractivity contribution in [3.8, 4) is 0 Å². The van der Waals surface area contributed by atoms with Crippen LogP contribution in [0.4, 0.5) is 5.69 Å². The molecule has 0 spiro atoms. The summed E-state index contributed by atoms with van der Waals surface area (Å²) < 4.78 is 0. The first kappa shape index (κ1) is 15.0. The van der Waals surface area contributed by atoms with Crippen molar-refractivity contribution >= 4 is 17.5 Å². The van der Waals surface area contributed by atoms with Crippen molar-refractivity contribution in [2.45, 2.75) is 38.5 Å². The fraction of sp³-hybridized carbons (Fsp3) is 0.529. The molecule has 0 radical (unpaired) electrons. The summed E-state index contributed by atoms with van der Waals surface area (Å²) in [6.45, 7) is 4.66. The van der Waals surface area contributed by atoms with Gasteiger partial charge < -0.3 is 15.7 Å². The molecule has 3 N–H and O–H groups in total. The van der Waals surface area contributed by atoms with Crippen LogP contribution in [0.25, 0.3) is 0 Å². The minimum Gasteiger partial charge on any atom is -0.396 e. The monoisotopic (exact) mass is 302 g/mol. The van der Waals surface area contributed by atoms with Crippen molar-refractivity contribution in [2.75, 3.05) is 18.5 Å². The third-order valence-electron chi connectivity index (χ3n) is 4.80. The number of anilines is 1. The largest absolute Gasteiger partial charge is 0.396 e. The molecule has 2 aliphatic rings. The molecule has 3 rings (SSSR count). The summed E-state index contributed by atoms with van der Waals surface area (Å²) in [5.74, 6) is -0.122. The van der Waals surface area contributed by atoms with E-state index in [0.717, 1.165) is 24.1 Å². The van der Waals surface area contributed by atoms with Crippen LogP contribution >= 0.6 is 0 Å². The molecule has 1 heterocycles. The van der Waals surface area contributed by atoms with Gasteiger partial charge in [-0.25, -0.2) is 0 Å². The van der Waals surface area contributed by atoms with Gasteiger partial charge in [0.25, 0.3) is 5.91 Å². The van der Waals surface area contributed by atoms with Gasteiger partial charge >= 0.3 is 0 Å². The van der Waals surface area contributed by atoms with Gasteiger partial charge in [0.1, 0.15) is 0 Å². The third-order valence-corrected chi connectivity index (χ3v) is 4.80. The lowest BCUT2D eigenvalue weighted by atomic mass is 9.77. The fourth-order valence-corrected chi connectivity index (χ4v) is 2.98. The topological polar surface area (TPSA) is 78.4 Å². The second-order valence-corrected chi connectivity index (χ2v) is 7.21. The number of hydrogen-bond donors (Lipinski definition) is 3. The van der Waals surface area contributed by atoms with Crippen LogP contribution in [-0.2, 0) is 10.2 Å². The molecule has 0 bridgehead atoms. The number of rotatable bonds is 4. The van der Waals surface area contributed by atoms with E-state index < -0.39 is 0 Å². The van der Waals surface area contributed by atoms with E-state index >= 15 is 0 Å². The van der Waals surface area contributed by atoms with Gasteiger partial charge in [0.15, 0.2) is 0 Å². The molecule has 1 aliphatic carbocycles. The second-order valence-electron chi connectivity index (χ2n) is 7.21. The van der Waals surface area contributed by atoms with Crippen LogP contribution in [-0.4, -0.2) is 30.1 Å². The summed E-state index contributed by atoms with van der Waals surface area (Å²) >= 11 is 0. The highest BCUT2D eigenvalue weighted by Gasteiger charge is 2.42. The van der Waals surface area contributed by atoms with Gasteiger partial charge in [-0.2, -0.15) is 0 Å². The number of carbonyl (C=O) groups is 2. The van der Waals surface area contributed by atoms with Gasteiger partial charge in [-0.1, -0.05) is 13.8 Å². The van der Waals surface area contributed by atoms with Crippen LogP contribution in [0.15, 0.2) is 18.2 Å². The minimum atomic E-state index is -0.281. The Bertz CT molecular complexity index is 633. The lowest BCUT2D eigenvalue weighted by molar-refractivity contribution is -0.117. The zero-order chi connectivity index (χ0) is 16.0. The van der Waals surface area contributed by atoms with Crippen molar-refractivity contribution in [1.82, 2.24) is 5.32 Å². The maximum atomic E-state index is 12.3. The predicted molar refractivity (Wildman–Crippen MR) is 83.8 cm³/mol. The number of carbonyl (C=O) groups excluding carboxylic acids is 2. The van der Waals surface area contributed by atoms with E-state index in [-0.39, 0.29) is 29.3 Å². The van der Waals surface area contributed by atoms with Gasteiger partial charge in [-0.3, -0.25) is 9.59 Å². The van der Waals surface area contributed by atoms with Crippen LogP contribution in [0, 0.1) is 5.41 Å². The highest BCUT2D eigenvalue weighted by molar-refractivity contribution is 5.98. The summed E-state index contributed by atoms with van der Waals surface area (Å²) in [4.78, 5) is 24.0. The molecule has 1 aromatic carbocycles. The molecule has 5 nitrogen and oxygen atoms in total. The molecule has 2 amide bonds. The Morgan fingerprint density at radius 1 is 1.36 bits per heavy atom. The molecule has 118 valence electrons. The van der Waals surface area contributed by atoms with Crippen molar-refractivity contribution in [2.24, 2.45) is 5.41 Å². The Morgan fingerprint density at radius 3 is 2.73 bits per heavy atom. The van der Waals surface area contributed by atoms with Crippen LogP contribution in [0.1, 0.15) is 49.0 Å². The Kier molecular flexibility index (Phi) is 3.48. The van der Waals surface area contributed by atoms with Gasteiger partial charge in [-0.15, -0.1) is 0 Å². The number of aliphatic hydroxyl groups is 1. The Morgan fingerprint density at radius 2 is 2.09 bits per heavy atom. The van der Waals surface area contributed by atoms with Crippen LogP contribution in [0.5, 0.6) is 0 Å². The molecular formula is C17H22N2O3. The molecule has 22 heavy (non-hydrogen) atoms. The van der Waals surface area contributed by atoms with Crippen molar-refractivity contribution in [3.63, 3.8) is 0 Å². The molecule has 0 unspecified atom stereocenters. The molecule has 5 heteroatoms. The number of hydrogen-bond acceptors (Lipinski definition) is 3. The molecule has 0 atom stereocenters. The first-order valence-corrected chi connectivity index (χ1v) is 7.69. The Balaban J connectivity index is 1.78. The maximum Gasteiger partial charge on any atom is 0.251 e. The first-order valence-electron chi connectivity index (χ1n) is 7.69. The minimum absolute atomic E-state index is 0.00771. The standard InChI is InChI=1S/C17H22N2O3/c1-16(2)8-14(21)19-13-4-3-11(7-12(13)16)15(22)18-9-17(10-20)5-6-17/h3-4,7,20H,5-6,8-10H2,1-2H3,(H,18,22)(H,19,21). The molecule has 1 saturated carbocycles. The van der Waals surface area contributed by atoms with Crippen LogP contribution in [0.2, 0.25) is 0 Å². The molecule has 1 aromatic rings. The number of aliphatic hydroxyl groups excluding tert-OH is 1. The van der Waals surface area contributed by atoms with Gasteiger partial charge in [0, 0.05) is 35.0 Å². The van der Waals surface area contributed by atoms with E-state index in [1.165, 1.54) is 0 Å². The number of fused-ring (bicyclic) bond motifs is 1. The van der Waals surface area contributed by atoms with E-state index in [9.17, 15) is 14.7 Å². The summed E-state index contributed by atoms with van der Waals surface area (Å²) in [5.41, 5.74) is 1.99. The lowest BCUT2D eigenvalue weighted by Crippen LogP contribution is -2.34. The average molecular weight is 302 g/mol. The van der Waals surface area contributed by atoms with Gasteiger partial charge in [-0.05, 0) is 36.6 Å². The molecule has 0 aromatic heterocycles. The Labute approximate surface area is 130 Å². The lowest BCUT2D eigenvalue weighted by Gasteiger charge is -2.32. The smallest absolute Gasteiger partial charge is 0.251 e. The summed E-state index contributed by atoms with van der Waals surface area (Å²) in [6, 6.07) is 5.39.